The van der Waals surface area contributed by atoms with Crippen LogP contribution in [0.15, 0.2) is 0 Å². The molecule has 0 aromatic rings. The van der Waals surface area contributed by atoms with Crippen LogP contribution in [0, 0.1) is 0 Å². The highest BCUT2D eigenvalue weighted by molar-refractivity contribution is 7.99. The first-order valence-electron chi connectivity index (χ1n) is 6.67. The van der Waals surface area contributed by atoms with Gasteiger partial charge in [0.1, 0.15) is 0 Å². The fourth-order valence-electron chi connectivity index (χ4n) is 2.71. The van der Waals surface area contributed by atoms with Crippen LogP contribution in [-0.4, -0.2) is 47.6 Å². The topological polar surface area (TPSA) is 29.5 Å². The molecule has 0 spiro atoms. The van der Waals surface area contributed by atoms with Crippen LogP contribution in [0.5, 0.6) is 0 Å². The van der Waals surface area contributed by atoms with Crippen molar-refractivity contribution >= 4 is 17.7 Å². The zero-order valence-corrected chi connectivity index (χ0v) is 12.1. The fraction of sp³-hybridized carbons (Fsp3) is 0.923. The van der Waals surface area contributed by atoms with Crippen molar-refractivity contribution in [1.29, 1.82) is 0 Å². The number of thioether (sulfide) groups is 1. The van der Waals surface area contributed by atoms with Crippen LogP contribution in [0.25, 0.3) is 0 Å². The molecule has 0 N–H and O–H groups in total. The fourth-order valence-corrected chi connectivity index (χ4v) is 4.02. The highest BCUT2D eigenvalue weighted by atomic mass is 32.2. The lowest BCUT2D eigenvalue weighted by molar-refractivity contribution is -0.146. The van der Waals surface area contributed by atoms with Crippen molar-refractivity contribution < 1.29 is 9.53 Å². The minimum atomic E-state index is -0.0399. The van der Waals surface area contributed by atoms with E-state index in [9.17, 15) is 4.79 Å². The molecule has 1 heterocycles. The normalized spacial score (nSPS) is 24.9. The Balaban J connectivity index is 2.73. The minimum Gasteiger partial charge on any atom is -0.466 e. The van der Waals surface area contributed by atoms with Crippen LogP contribution in [0.4, 0.5) is 0 Å². The predicted molar refractivity (Wildman–Crippen MR) is 73.5 cm³/mol. The maximum atomic E-state index is 11.8. The van der Waals surface area contributed by atoms with E-state index >= 15 is 0 Å². The highest BCUT2D eigenvalue weighted by Gasteiger charge is 2.39. The van der Waals surface area contributed by atoms with Crippen molar-refractivity contribution in [3.8, 4) is 0 Å². The van der Waals surface area contributed by atoms with Crippen molar-refractivity contribution in [3.05, 3.63) is 0 Å². The average Bonchev–Trinajstić information content (AvgIpc) is 2.31. The summed E-state index contributed by atoms with van der Waals surface area (Å²) in [5, 5.41) is 0. The molecule has 4 heteroatoms. The third-order valence-corrected chi connectivity index (χ3v) is 4.83. The summed E-state index contributed by atoms with van der Waals surface area (Å²) in [5.41, 5.74) is 0.0403. The Bertz CT molecular complexity index is 236. The molecule has 0 aromatic carbocycles. The van der Waals surface area contributed by atoms with Crippen LogP contribution in [0.1, 0.15) is 40.0 Å². The van der Waals surface area contributed by atoms with Crippen molar-refractivity contribution in [2.45, 2.75) is 45.6 Å². The standard InChI is InChI=1S/C13H25NO2S/c1-4-14(5-2)13(8-7-9-17-11-13)10-12(15)16-6-3/h4-11H2,1-3H3. The Hall–Kier alpha value is -0.220. The Kier molecular flexibility index (Phi) is 6.34. The van der Waals surface area contributed by atoms with Crippen molar-refractivity contribution in [2.24, 2.45) is 0 Å². The first kappa shape index (κ1) is 14.8. The summed E-state index contributed by atoms with van der Waals surface area (Å²) in [5.74, 6) is 2.25. The molecule has 0 saturated carbocycles. The summed E-state index contributed by atoms with van der Waals surface area (Å²) in [6.45, 7) is 8.73. The van der Waals surface area contributed by atoms with Crippen LogP contribution in [0.3, 0.4) is 0 Å². The van der Waals surface area contributed by atoms with E-state index in [0.29, 0.717) is 13.0 Å². The molecule has 1 unspecified atom stereocenters. The van der Waals surface area contributed by atoms with E-state index in [4.69, 9.17) is 4.74 Å². The number of ether oxygens (including phenoxy) is 1. The molecule has 0 amide bonds. The van der Waals surface area contributed by atoms with Crippen molar-refractivity contribution in [2.75, 3.05) is 31.2 Å². The van der Waals surface area contributed by atoms with Crippen molar-refractivity contribution in [3.63, 3.8) is 0 Å². The van der Waals surface area contributed by atoms with Gasteiger partial charge < -0.3 is 4.74 Å². The molecular weight excluding hydrogens is 234 g/mol. The van der Waals surface area contributed by atoms with E-state index in [1.807, 2.05) is 18.7 Å². The molecule has 1 fully saturated rings. The Morgan fingerprint density at radius 1 is 1.35 bits per heavy atom. The van der Waals surface area contributed by atoms with Crippen LogP contribution >= 0.6 is 11.8 Å². The van der Waals surface area contributed by atoms with Crippen LogP contribution < -0.4 is 0 Å². The largest absolute Gasteiger partial charge is 0.466 e. The van der Waals surface area contributed by atoms with Gasteiger partial charge in [0.05, 0.1) is 13.0 Å². The second kappa shape index (κ2) is 7.27. The minimum absolute atomic E-state index is 0.0399. The van der Waals surface area contributed by atoms with Gasteiger partial charge in [-0.05, 0) is 38.6 Å². The number of nitrogens with zero attached hydrogens (tertiary/aromatic N) is 1. The van der Waals surface area contributed by atoms with Gasteiger partial charge in [-0.3, -0.25) is 9.69 Å². The summed E-state index contributed by atoms with van der Waals surface area (Å²) < 4.78 is 5.13. The van der Waals surface area contributed by atoms with E-state index in [1.54, 1.807) is 0 Å². The molecule has 1 atom stereocenters. The SMILES string of the molecule is CCOC(=O)CC1(N(CC)CC)CCCSC1. The van der Waals surface area contributed by atoms with Gasteiger partial charge in [-0.15, -0.1) is 0 Å². The molecule has 17 heavy (non-hydrogen) atoms. The molecule has 3 nitrogen and oxygen atoms in total. The molecule has 100 valence electrons. The monoisotopic (exact) mass is 259 g/mol. The first-order chi connectivity index (χ1) is 8.18. The number of rotatable bonds is 6. The second-order valence-corrected chi connectivity index (χ2v) is 5.64. The summed E-state index contributed by atoms with van der Waals surface area (Å²) >= 11 is 1.97. The molecule has 1 rings (SSSR count). The molecule has 1 aliphatic heterocycles. The lowest BCUT2D eigenvalue weighted by atomic mass is 9.89. The Morgan fingerprint density at radius 3 is 2.53 bits per heavy atom. The van der Waals surface area contributed by atoms with Gasteiger partial charge in [-0.25, -0.2) is 0 Å². The third-order valence-electron chi connectivity index (χ3n) is 3.51. The molecule has 1 aliphatic rings. The Labute approximate surface area is 109 Å². The van der Waals surface area contributed by atoms with E-state index in [0.717, 1.165) is 25.3 Å². The third kappa shape index (κ3) is 3.88. The van der Waals surface area contributed by atoms with E-state index in [2.05, 4.69) is 18.7 Å². The van der Waals surface area contributed by atoms with Crippen molar-refractivity contribution in [1.82, 2.24) is 4.90 Å². The van der Waals surface area contributed by atoms with E-state index in [1.165, 1.54) is 12.2 Å². The Morgan fingerprint density at radius 2 is 2.06 bits per heavy atom. The van der Waals surface area contributed by atoms with Gasteiger partial charge in [-0.2, -0.15) is 11.8 Å². The summed E-state index contributed by atoms with van der Waals surface area (Å²) in [6.07, 6.45) is 2.89. The van der Waals surface area contributed by atoms with Gasteiger partial charge in [0.25, 0.3) is 0 Å². The van der Waals surface area contributed by atoms with Gasteiger partial charge in [0.15, 0.2) is 0 Å². The summed E-state index contributed by atoms with van der Waals surface area (Å²) in [7, 11) is 0. The molecule has 1 saturated heterocycles. The summed E-state index contributed by atoms with van der Waals surface area (Å²) in [6, 6.07) is 0. The van der Waals surface area contributed by atoms with Crippen LogP contribution in [0.2, 0.25) is 0 Å². The second-order valence-electron chi connectivity index (χ2n) is 4.53. The van der Waals surface area contributed by atoms with Gasteiger partial charge in [-0.1, -0.05) is 13.8 Å². The lowest BCUT2D eigenvalue weighted by Gasteiger charge is -2.45. The van der Waals surface area contributed by atoms with Crippen LogP contribution in [-0.2, 0) is 9.53 Å². The highest BCUT2D eigenvalue weighted by Crippen LogP contribution is 2.35. The lowest BCUT2D eigenvalue weighted by Crippen LogP contribution is -2.53. The number of hydrogen-bond donors (Lipinski definition) is 0. The van der Waals surface area contributed by atoms with E-state index < -0.39 is 0 Å². The first-order valence-corrected chi connectivity index (χ1v) is 7.82. The maximum Gasteiger partial charge on any atom is 0.307 e. The number of hydrogen-bond acceptors (Lipinski definition) is 4. The van der Waals surface area contributed by atoms with Gasteiger partial charge >= 0.3 is 5.97 Å². The number of carbonyl (C=O) groups is 1. The quantitative estimate of drug-likeness (QED) is 0.686. The maximum absolute atomic E-state index is 11.8. The molecule has 0 radical (unpaired) electrons. The molecule has 0 aromatic heterocycles. The smallest absolute Gasteiger partial charge is 0.307 e. The zero-order chi connectivity index (χ0) is 12.7. The van der Waals surface area contributed by atoms with Gasteiger partial charge in [0, 0.05) is 11.3 Å². The summed E-state index contributed by atoms with van der Waals surface area (Å²) in [4.78, 5) is 14.2. The molecule has 0 bridgehead atoms. The van der Waals surface area contributed by atoms with Gasteiger partial charge in [0.2, 0.25) is 0 Å². The average molecular weight is 259 g/mol. The zero-order valence-electron chi connectivity index (χ0n) is 11.3. The van der Waals surface area contributed by atoms with E-state index in [-0.39, 0.29) is 11.5 Å². The number of carbonyl (C=O) groups excluding carboxylic acids is 1. The number of esters is 1. The predicted octanol–water partition coefficient (Wildman–Crippen LogP) is 2.55. The molecule has 0 aliphatic carbocycles. The molecular formula is C13H25NO2S.